The highest BCUT2D eigenvalue weighted by atomic mass is 16.5. The van der Waals surface area contributed by atoms with Crippen LogP contribution >= 0.6 is 0 Å². The Morgan fingerprint density at radius 3 is 2.56 bits per heavy atom. The number of ether oxygens (including phenoxy) is 1. The largest absolute Gasteiger partial charge is 0.496 e. The first-order valence-electron chi connectivity index (χ1n) is 6.68. The highest BCUT2D eigenvalue weighted by Crippen LogP contribution is 2.33. The van der Waals surface area contributed by atoms with Gasteiger partial charge in [-0.05, 0) is 42.3 Å². The average Bonchev–Trinajstić information content (AvgIpc) is 2.46. The van der Waals surface area contributed by atoms with Gasteiger partial charge in [0.2, 0.25) is 0 Å². The Balaban J connectivity index is 2.08. The minimum Gasteiger partial charge on any atom is -0.496 e. The minimum absolute atomic E-state index is 0.443. The molecule has 0 saturated carbocycles. The van der Waals surface area contributed by atoms with Crippen molar-refractivity contribution in [1.82, 2.24) is 5.32 Å². The van der Waals surface area contributed by atoms with Crippen LogP contribution in [0.1, 0.15) is 30.9 Å². The summed E-state index contributed by atoms with van der Waals surface area (Å²) >= 11 is 0. The van der Waals surface area contributed by atoms with E-state index in [1.165, 1.54) is 35.6 Å². The summed E-state index contributed by atoms with van der Waals surface area (Å²) in [5.41, 5.74) is 1.30. The third kappa shape index (κ3) is 2.08. The lowest BCUT2D eigenvalue weighted by molar-refractivity contribution is 0.374. The van der Waals surface area contributed by atoms with Crippen LogP contribution in [0.25, 0.3) is 10.8 Å². The van der Waals surface area contributed by atoms with Gasteiger partial charge in [0.05, 0.1) is 7.11 Å². The number of nitrogens with one attached hydrogen (secondary N) is 1. The molecule has 2 nitrogen and oxygen atoms in total. The van der Waals surface area contributed by atoms with Crippen molar-refractivity contribution in [2.45, 2.75) is 25.3 Å². The summed E-state index contributed by atoms with van der Waals surface area (Å²) in [5, 5.41) is 6.13. The number of hydrogen-bond donors (Lipinski definition) is 1. The zero-order chi connectivity index (χ0) is 12.4. The van der Waals surface area contributed by atoms with E-state index in [2.05, 4.69) is 41.7 Å². The Morgan fingerprint density at radius 1 is 1.11 bits per heavy atom. The molecule has 2 aromatic rings. The molecule has 0 bridgehead atoms. The van der Waals surface area contributed by atoms with Crippen LogP contribution in [0, 0.1) is 0 Å². The molecule has 0 radical (unpaired) electrons. The van der Waals surface area contributed by atoms with Crippen LogP contribution in [0.2, 0.25) is 0 Å². The number of methoxy groups -OCH3 is 1. The molecule has 3 rings (SSSR count). The number of hydrogen-bond acceptors (Lipinski definition) is 2. The maximum absolute atomic E-state index is 5.57. The van der Waals surface area contributed by atoms with E-state index in [0.29, 0.717) is 6.04 Å². The Morgan fingerprint density at radius 2 is 1.89 bits per heavy atom. The molecule has 0 aliphatic carbocycles. The summed E-state index contributed by atoms with van der Waals surface area (Å²) < 4.78 is 5.57. The first kappa shape index (κ1) is 11.5. The second-order valence-electron chi connectivity index (χ2n) is 4.94. The zero-order valence-corrected chi connectivity index (χ0v) is 10.8. The minimum atomic E-state index is 0.443. The monoisotopic (exact) mass is 241 g/mol. The normalized spacial score (nSPS) is 19.9. The standard InChI is InChI=1S/C16H19NO/c1-18-16-11-13-7-3-2-6-12(13)10-14(16)15-8-4-5-9-17-15/h2-3,6-7,10-11,15,17H,4-5,8-9H2,1H3/t15-/m1/s1. The van der Waals surface area contributed by atoms with Gasteiger partial charge >= 0.3 is 0 Å². The van der Waals surface area contributed by atoms with Crippen LogP contribution in [0.5, 0.6) is 5.75 Å². The van der Waals surface area contributed by atoms with Gasteiger partial charge in [0.25, 0.3) is 0 Å². The molecular formula is C16H19NO. The lowest BCUT2D eigenvalue weighted by atomic mass is 9.94. The van der Waals surface area contributed by atoms with Gasteiger partial charge in [0.1, 0.15) is 5.75 Å². The van der Waals surface area contributed by atoms with Gasteiger partial charge in [0.15, 0.2) is 0 Å². The lowest BCUT2D eigenvalue weighted by Crippen LogP contribution is -2.27. The van der Waals surface area contributed by atoms with Crippen molar-refractivity contribution in [3.8, 4) is 5.75 Å². The second-order valence-corrected chi connectivity index (χ2v) is 4.94. The van der Waals surface area contributed by atoms with E-state index in [4.69, 9.17) is 4.74 Å². The molecule has 1 saturated heterocycles. The Kier molecular flexibility index (Phi) is 3.20. The van der Waals surface area contributed by atoms with Crippen molar-refractivity contribution in [1.29, 1.82) is 0 Å². The third-order valence-corrected chi connectivity index (χ3v) is 3.78. The van der Waals surface area contributed by atoms with Crippen LogP contribution in [0.4, 0.5) is 0 Å². The highest BCUT2D eigenvalue weighted by Gasteiger charge is 2.18. The van der Waals surface area contributed by atoms with Crippen LogP contribution < -0.4 is 10.1 Å². The molecule has 1 fully saturated rings. The van der Waals surface area contributed by atoms with Crippen LogP contribution in [-0.2, 0) is 0 Å². The smallest absolute Gasteiger partial charge is 0.124 e. The molecule has 2 heteroatoms. The molecule has 1 heterocycles. The maximum Gasteiger partial charge on any atom is 0.124 e. The average molecular weight is 241 g/mol. The SMILES string of the molecule is COc1cc2ccccc2cc1[C@H]1CCCCN1. The fourth-order valence-corrected chi connectivity index (χ4v) is 2.80. The summed E-state index contributed by atoms with van der Waals surface area (Å²) in [6, 6.07) is 13.3. The molecular weight excluding hydrogens is 222 g/mol. The van der Waals surface area contributed by atoms with Crippen LogP contribution in [0.15, 0.2) is 36.4 Å². The van der Waals surface area contributed by atoms with Crippen molar-refractivity contribution in [3.63, 3.8) is 0 Å². The maximum atomic E-state index is 5.57. The molecule has 1 aliphatic heterocycles. The van der Waals surface area contributed by atoms with Gasteiger partial charge in [-0.25, -0.2) is 0 Å². The van der Waals surface area contributed by atoms with E-state index >= 15 is 0 Å². The van der Waals surface area contributed by atoms with E-state index in [1.807, 2.05) is 0 Å². The summed E-state index contributed by atoms with van der Waals surface area (Å²) in [7, 11) is 1.76. The molecule has 0 aromatic heterocycles. The van der Waals surface area contributed by atoms with E-state index in [0.717, 1.165) is 12.3 Å². The van der Waals surface area contributed by atoms with Crippen molar-refractivity contribution >= 4 is 10.8 Å². The molecule has 1 atom stereocenters. The first-order chi connectivity index (χ1) is 8.88. The summed E-state index contributed by atoms with van der Waals surface area (Å²) in [6.07, 6.45) is 3.79. The quantitative estimate of drug-likeness (QED) is 0.866. The van der Waals surface area contributed by atoms with Gasteiger partial charge in [-0.3, -0.25) is 0 Å². The number of piperidine rings is 1. The summed E-state index contributed by atoms with van der Waals surface area (Å²) in [5.74, 6) is 1.01. The van der Waals surface area contributed by atoms with E-state index < -0.39 is 0 Å². The van der Waals surface area contributed by atoms with Gasteiger partial charge < -0.3 is 10.1 Å². The first-order valence-corrected chi connectivity index (χ1v) is 6.68. The summed E-state index contributed by atoms with van der Waals surface area (Å²) in [4.78, 5) is 0. The van der Waals surface area contributed by atoms with Crippen LogP contribution in [0.3, 0.4) is 0 Å². The molecule has 0 amide bonds. The molecule has 1 aliphatic rings. The topological polar surface area (TPSA) is 21.3 Å². The van der Waals surface area contributed by atoms with Crippen molar-refractivity contribution in [2.24, 2.45) is 0 Å². The van der Waals surface area contributed by atoms with Crippen LogP contribution in [-0.4, -0.2) is 13.7 Å². The Hall–Kier alpha value is -1.54. The molecule has 0 unspecified atom stereocenters. The zero-order valence-electron chi connectivity index (χ0n) is 10.8. The van der Waals surface area contributed by atoms with E-state index in [9.17, 15) is 0 Å². The highest BCUT2D eigenvalue weighted by molar-refractivity contribution is 5.85. The van der Waals surface area contributed by atoms with Crippen molar-refractivity contribution in [3.05, 3.63) is 42.0 Å². The second kappa shape index (κ2) is 4.99. The lowest BCUT2D eigenvalue weighted by Gasteiger charge is -2.25. The summed E-state index contributed by atoms with van der Waals surface area (Å²) in [6.45, 7) is 1.11. The predicted octanol–water partition coefficient (Wildman–Crippen LogP) is 3.66. The van der Waals surface area contributed by atoms with E-state index in [1.54, 1.807) is 7.11 Å². The van der Waals surface area contributed by atoms with E-state index in [-0.39, 0.29) is 0 Å². The van der Waals surface area contributed by atoms with Gasteiger partial charge in [-0.1, -0.05) is 30.7 Å². The molecule has 0 spiro atoms. The number of rotatable bonds is 2. The molecule has 2 aromatic carbocycles. The third-order valence-electron chi connectivity index (χ3n) is 3.78. The van der Waals surface area contributed by atoms with Gasteiger partial charge in [-0.15, -0.1) is 0 Å². The molecule has 18 heavy (non-hydrogen) atoms. The Labute approximate surface area is 108 Å². The fourth-order valence-electron chi connectivity index (χ4n) is 2.80. The number of benzene rings is 2. The van der Waals surface area contributed by atoms with Gasteiger partial charge in [0, 0.05) is 11.6 Å². The van der Waals surface area contributed by atoms with Crippen molar-refractivity contribution in [2.75, 3.05) is 13.7 Å². The number of fused-ring (bicyclic) bond motifs is 1. The predicted molar refractivity (Wildman–Crippen MR) is 75.1 cm³/mol. The fraction of sp³-hybridized carbons (Fsp3) is 0.375. The van der Waals surface area contributed by atoms with Crippen molar-refractivity contribution < 1.29 is 4.74 Å². The van der Waals surface area contributed by atoms with Gasteiger partial charge in [-0.2, -0.15) is 0 Å². The molecule has 94 valence electrons. The Bertz CT molecular complexity index is 544. The molecule has 1 N–H and O–H groups in total.